The van der Waals surface area contributed by atoms with Crippen LogP contribution in [0.1, 0.15) is 19.1 Å². The first-order chi connectivity index (χ1) is 8.15. The highest BCUT2D eigenvalue weighted by Crippen LogP contribution is 2.07. The van der Waals surface area contributed by atoms with E-state index >= 15 is 0 Å². The number of aryl methyl sites for hydroxylation is 1. The molecule has 1 fully saturated rings. The van der Waals surface area contributed by atoms with Crippen LogP contribution >= 0.6 is 0 Å². The van der Waals surface area contributed by atoms with E-state index < -0.39 is 11.8 Å². The maximum Gasteiger partial charge on any atom is 0.316 e. The highest BCUT2D eigenvalue weighted by Gasteiger charge is 2.25. The average molecular weight is 235 g/mol. The van der Waals surface area contributed by atoms with Gasteiger partial charge in [-0.25, -0.2) is 4.99 Å². The fourth-order valence-corrected chi connectivity index (χ4v) is 1.52. The second-order valence-corrected chi connectivity index (χ2v) is 3.85. The molecule has 1 aliphatic rings. The topological polar surface area (TPSA) is 83.7 Å². The Morgan fingerprint density at radius 2 is 2.06 bits per heavy atom. The van der Waals surface area contributed by atoms with Crippen LogP contribution in [0.15, 0.2) is 27.8 Å². The fourth-order valence-electron chi connectivity index (χ4n) is 1.52. The Hall–Kier alpha value is -2.11. The summed E-state index contributed by atoms with van der Waals surface area (Å²) < 4.78 is 5.20. The molecule has 1 atom stereocenters. The van der Waals surface area contributed by atoms with Crippen LogP contribution in [0, 0.1) is 0 Å². The molecular formula is C11H13N3O3. The summed E-state index contributed by atoms with van der Waals surface area (Å²) in [5, 5.41) is 4.71. The monoisotopic (exact) mass is 235 g/mol. The molecular weight excluding hydrogens is 222 g/mol. The van der Waals surface area contributed by atoms with Crippen molar-refractivity contribution in [1.29, 1.82) is 0 Å². The maximum atomic E-state index is 10.9. The van der Waals surface area contributed by atoms with Gasteiger partial charge in [0.15, 0.2) is 0 Å². The predicted molar refractivity (Wildman–Crippen MR) is 60.2 cm³/mol. The smallest absolute Gasteiger partial charge is 0.316 e. The number of aliphatic imine (C=N–C) groups is 1. The fraction of sp³-hybridized carbons (Fsp3) is 0.364. The lowest BCUT2D eigenvalue weighted by molar-refractivity contribution is -0.135. The summed E-state index contributed by atoms with van der Waals surface area (Å²) >= 11 is 0. The molecule has 1 aromatic rings. The van der Waals surface area contributed by atoms with E-state index in [1.165, 1.54) is 0 Å². The van der Waals surface area contributed by atoms with E-state index in [0.29, 0.717) is 0 Å². The molecule has 0 saturated carbocycles. The quantitative estimate of drug-likeness (QED) is 0.731. The SMILES string of the molecule is CC(CCc1ccco1)N=C1NC(=O)C(=O)N1. The van der Waals surface area contributed by atoms with Crippen molar-refractivity contribution in [2.45, 2.75) is 25.8 Å². The Kier molecular flexibility index (Phi) is 3.22. The van der Waals surface area contributed by atoms with Gasteiger partial charge in [-0.3, -0.25) is 20.2 Å². The number of hydrogen-bond donors (Lipinski definition) is 2. The minimum Gasteiger partial charge on any atom is -0.469 e. The molecule has 17 heavy (non-hydrogen) atoms. The van der Waals surface area contributed by atoms with E-state index in [9.17, 15) is 9.59 Å². The van der Waals surface area contributed by atoms with E-state index in [0.717, 1.165) is 18.6 Å². The van der Waals surface area contributed by atoms with E-state index in [4.69, 9.17) is 4.42 Å². The molecule has 0 radical (unpaired) electrons. The third-order valence-corrected chi connectivity index (χ3v) is 2.41. The van der Waals surface area contributed by atoms with E-state index in [2.05, 4.69) is 15.6 Å². The summed E-state index contributed by atoms with van der Waals surface area (Å²) in [4.78, 5) is 26.0. The van der Waals surface area contributed by atoms with Crippen LogP contribution in [0.2, 0.25) is 0 Å². The number of rotatable bonds is 4. The molecule has 0 spiro atoms. The van der Waals surface area contributed by atoms with Crippen molar-refractivity contribution in [1.82, 2.24) is 10.6 Å². The Bertz CT molecular complexity index is 433. The van der Waals surface area contributed by atoms with E-state index in [-0.39, 0.29) is 12.0 Å². The minimum atomic E-state index is -0.665. The molecule has 1 aliphatic heterocycles. The summed E-state index contributed by atoms with van der Waals surface area (Å²) in [6.45, 7) is 1.91. The largest absolute Gasteiger partial charge is 0.469 e. The standard InChI is InChI=1S/C11H13N3O3/c1-7(4-5-8-3-2-6-17-8)12-11-13-9(15)10(16)14-11/h2-3,6-7H,4-5H2,1H3,(H2,12,13,14,15,16). The lowest BCUT2D eigenvalue weighted by Crippen LogP contribution is -2.27. The molecule has 2 N–H and O–H groups in total. The summed E-state index contributed by atoms with van der Waals surface area (Å²) in [7, 11) is 0. The highest BCUT2D eigenvalue weighted by molar-refractivity contribution is 6.45. The highest BCUT2D eigenvalue weighted by atomic mass is 16.3. The van der Waals surface area contributed by atoms with Gasteiger partial charge >= 0.3 is 11.8 Å². The van der Waals surface area contributed by atoms with Crippen LogP contribution in [0.3, 0.4) is 0 Å². The van der Waals surface area contributed by atoms with Crippen molar-refractivity contribution in [2.75, 3.05) is 0 Å². The second-order valence-electron chi connectivity index (χ2n) is 3.85. The number of nitrogens with zero attached hydrogens (tertiary/aromatic N) is 1. The summed E-state index contributed by atoms with van der Waals surface area (Å²) in [5.41, 5.74) is 0. The number of carbonyl (C=O) groups excluding carboxylic acids is 2. The van der Waals surface area contributed by atoms with Crippen LogP contribution in [-0.4, -0.2) is 23.8 Å². The van der Waals surface area contributed by atoms with E-state index in [1.54, 1.807) is 6.26 Å². The van der Waals surface area contributed by atoms with Crippen LogP contribution < -0.4 is 10.6 Å². The van der Waals surface area contributed by atoms with Gasteiger partial charge in [-0.15, -0.1) is 0 Å². The van der Waals surface area contributed by atoms with Crippen molar-refractivity contribution in [3.8, 4) is 0 Å². The minimum absolute atomic E-state index is 0.00574. The van der Waals surface area contributed by atoms with Crippen LogP contribution in [-0.2, 0) is 16.0 Å². The molecule has 2 rings (SSSR count). The number of guanidine groups is 1. The van der Waals surface area contributed by atoms with Crippen molar-refractivity contribution >= 4 is 17.8 Å². The molecule has 1 saturated heterocycles. The Morgan fingerprint density at radius 1 is 1.35 bits per heavy atom. The number of furan rings is 1. The van der Waals surface area contributed by atoms with Gasteiger partial charge in [0.1, 0.15) is 5.76 Å². The van der Waals surface area contributed by atoms with Crippen LogP contribution in [0.5, 0.6) is 0 Å². The first-order valence-corrected chi connectivity index (χ1v) is 5.37. The van der Waals surface area contributed by atoms with Gasteiger partial charge in [0.05, 0.1) is 12.3 Å². The zero-order valence-corrected chi connectivity index (χ0v) is 9.40. The van der Waals surface area contributed by atoms with Gasteiger partial charge in [0, 0.05) is 6.42 Å². The molecule has 1 unspecified atom stereocenters. The summed E-state index contributed by atoms with van der Waals surface area (Å²) in [6.07, 6.45) is 3.18. The van der Waals surface area contributed by atoms with Crippen molar-refractivity contribution in [2.24, 2.45) is 4.99 Å². The Morgan fingerprint density at radius 3 is 2.65 bits per heavy atom. The zero-order valence-electron chi connectivity index (χ0n) is 9.40. The van der Waals surface area contributed by atoms with Gasteiger partial charge in [0.2, 0.25) is 5.96 Å². The van der Waals surface area contributed by atoms with Gasteiger partial charge in [-0.05, 0) is 25.5 Å². The van der Waals surface area contributed by atoms with Crippen molar-refractivity contribution < 1.29 is 14.0 Å². The van der Waals surface area contributed by atoms with E-state index in [1.807, 2.05) is 19.1 Å². The molecule has 2 heterocycles. The molecule has 2 amide bonds. The van der Waals surface area contributed by atoms with Gasteiger partial charge in [-0.2, -0.15) is 0 Å². The van der Waals surface area contributed by atoms with Gasteiger partial charge in [-0.1, -0.05) is 0 Å². The number of hydrogen-bond acceptors (Lipinski definition) is 4. The molecule has 0 aromatic carbocycles. The second kappa shape index (κ2) is 4.82. The van der Waals surface area contributed by atoms with Crippen molar-refractivity contribution in [3.63, 3.8) is 0 Å². The Balaban J connectivity index is 1.85. The van der Waals surface area contributed by atoms with Crippen molar-refractivity contribution in [3.05, 3.63) is 24.2 Å². The molecule has 0 aliphatic carbocycles. The lowest BCUT2D eigenvalue weighted by atomic mass is 10.1. The molecule has 90 valence electrons. The van der Waals surface area contributed by atoms with Crippen LogP contribution in [0.4, 0.5) is 0 Å². The summed E-state index contributed by atoms with van der Waals surface area (Å²) in [6, 6.07) is 3.73. The average Bonchev–Trinajstić information content (AvgIpc) is 2.87. The normalized spacial score (nSPS) is 16.6. The Labute approximate surface area is 98.1 Å². The third kappa shape index (κ3) is 2.93. The third-order valence-electron chi connectivity index (χ3n) is 2.41. The van der Waals surface area contributed by atoms with Gasteiger partial charge < -0.3 is 4.42 Å². The number of carbonyl (C=O) groups is 2. The first kappa shape index (κ1) is 11.4. The van der Waals surface area contributed by atoms with Gasteiger partial charge in [0.25, 0.3) is 0 Å². The molecule has 6 heteroatoms. The molecule has 1 aromatic heterocycles. The molecule has 0 bridgehead atoms. The first-order valence-electron chi connectivity index (χ1n) is 5.37. The summed E-state index contributed by atoms with van der Waals surface area (Å²) in [5.74, 6) is -0.201. The predicted octanol–water partition coefficient (Wildman–Crippen LogP) is 0.203. The number of amides is 2. The molecule has 6 nitrogen and oxygen atoms in total. The maximum absolute atomic E-state index is 10.9. The lowest BCUT2D eigenvalue weighted by Gasteiger charge is -2.05. The van der Waals surface area contributed by atoms with Crippen LogP contribution in [0.25, 0.3) is 0 Å². The zero-order chi connectivity index (χ0) is 12.3. The number of nitrogens with one attached hydrogen (secondary N) is 2.